The third-order valence-electron chi connectivity index (χ3n) is 3.51. The Kier molecular flexibility index (Phi) is 5.45. The molecule has 0 bridgehead atoms. The van der Waals surface area contributed by atoms with Gasteiger partial charge in [-0.05, 0) is 59.0 Å². The van der Waals surface area contributed by atoms with Crippen molar-refractivity contribution in [1.82, 2.24) is 20.0 Å². The lowest BCUT2D eigenvalue weighted by molar-refractivity contribution is 0.0955. The summed E-state index contributed by atoms with van der Waals surface area (Å²) in [5.41, 5.74) is 1.02. The molecule has 0 aliphatic carbocycles. The van der Waals surface area contributed by atoms with Gasteiger partial charge in [-0.1, -0.05) is 0 Å². The summed E-state index contributed by atoms with van der Waals surface area (Å²) in [5.74, 6) is -1.11. The van der Waals surface area contributed by atoms with E-state index in [9.17, 15) is 19.5 Å². The van der Waals surface area contributed by atoms with Gasteiger partial charge in [0, 0.05) is 21.5 Å². The van der Waals surface area contributed by atoms with Crippen LogP contribution in [0.25, 0.3) is 5.69 Å². The molecule has 3 rings (SSSR count). The number of aromatic hydroxyl groups is 1. The van der Waals surface area contributed by atoms with Crippen LogP contribution in [0.5, 0.6) is 5.88 Å². The first-order valence-corrected chi connectivity index (χ1v) is 8.63. The zero-order valence-corrected chi connectivity index (χ0v) is 15.7. The molecular formula is C17H12IN5O4. The number of pyridine rings is 1. The fraction of sp³-hybridized carbons (Fsp3) is 0. The van der Waals surface area contributed by atoms with E-state index in [1.807, 2.05) is 0 Å². The summed E-state index contributed by atoms with van der Waals surface area (Å²) < 4.78 is 1.87. The number of halogens is 1. The van der Waals surface area contributed by atoms with Gasteiger partial charge in [-0.15, -0.1) is 0 Å². The van der Waals surface area contributed by atoms with E-state index < -0.39 is 23.0 Å². The van der Waals surface area contributed by atoms with Gasteiger partial charge in [0.15, 0.2) is 0 Å². The average Bonchev–Trinajstić information content (AvgIpc) is 2.66. The van der Waals surface area contributed by atoms with Crippen molar-refractivity contribution in [2.75, 3.05) is 0 Å². The van der Waals surface area contributed by atoms with E-state index in [1.165, 1.54) is 24.5 Å². The second-order valence-corrected chi connectivity index (χ2v) is 6.49. The minimum Gasteiger partial charge on any atom is -0.493 e. The molecule has 0 fully saturated rings. The minimum absolute atomic E-state index is 0.275. The van der Waals surface area contributed by atoms with Crippen LogP contribution in [0.2, 0.25) is 0 Å². The fourth-order valence-electron chi connectivity index (χ4n) is 2.21. The molecule has 1 aromatic carbocycles. The molecule has 1 amide bonds. The molecule has 136 valence electrons. The Hall–Kier alpha value is -3.28. The molecule has 9 nitrogen and oxygen atoms in total. The quantitative estimate of drug-likeness (QED) is 0.293. The van der Waals surface area contributed by atoms with E-state index in [4.69, 9.17) is 0 Å². The number of amides is 1. The van der Waals surface area contributed by atoms with Crippen LogP contribution in [0.1, 0.15) is 15.9 Å². The maximum absolute atomic E-state index is 12.1. The number of benzene rings is 1. The molecule has 0 unspecified atom stereocenters. The standard InChI is InChI=1S/C17H12IN5O4/c18-11-1-3-12(4-2-11)23-16(26)13(15(25)21-17(23)27)9-20-22-14(24)10-5-7-19-8-6-10/h1-9,26H,(H,22,24)(H,21,25,27). The number of carbonyl (C=O) groups is 1. The van der Waals surface area contributed by atoms with Crippen molar-refractivity contribution in [3.63, 3.8) is 0 Å². The Morgan fingerprint density at radius 2 is 1.85 bits per heavy atom. The number of hydrazone groups is 1. The number of H-pyrrole nitrogens is 1. The second-order valence-electron chi connectivity index (χ2n) is 5.24. The maximum Gasteiger partial charge on any atom is 0.335 e. The highest BCUT2D eigenvalue weighted by molar-refractivity contribution is 14.1. The summed E-state index contributed by atoms with van der Waals surface area (Å²) in [6.45, 7) is 0. The van der Waals surface area contributed by atoms with E-state index >= 15 is 0 Å². The van der Waals surface area contributed by atoms with Crippen molar-refractivity contribution in [1.29, 1.82) is 0 Å². The predicted octanol–water partition coefficient (Wildman–Crippen LogP) is 0.995. The predicted molar refractivity (Wildman–Crippen MR) is 106 cm³/mol. The first-order chi connectivity index (χ1) is 13.0. The van der Waals surface area contributed by atoms with Crippen molar-refractivity contribution in [3.05, 3.63) is 84.3 Å². The normalized spacial score (nSPS) is 10.9. The molecule has 0 aliphatic heterocycles. The van der Waals surface area contributed by atoms with Gasteiger partial charge in [-0.2, -0.15) is 5.10 Å². The Labute approximate surface area is 165 Å². The second kappa shape index (κ2) is 7.95. The van der Waals surface area contributed by atoms with Gasteiger partial charge in [0.25, 0.3) is 11.5 Å². The monoisotopic (exact) mass is 477 g/mol. The van der Waals surface area contributed by atoms with Gasteiger partial charge in [0.1, 0.15) is 5.56 Å². The fourth-order valence-corrected chi connectivity index (χ4v) is 2.57. The average molecular weight is 477 g/mol. The van der Waals surface area contributed by atoms with Crippen LogP contribution < -0.4 is 16.7 Å². The minimum atomic E-state index is -0.832. The van der Waals surface area contributed by atoms with Crippen molar-refractivity contribution in [2.24, 2.45) is 5.10 Å². The van der Waals surface area contributed by atoms with E-state index in [0.29, 0.717) is 11.3 Å². The zero-order chi connectivity index (χ0) is 19.4. The smallest absolute Gasteiger partial charge is 0.335 e. The first-order valence-electron chi connectivity index (χ1n) is 7.55. The molecule has 3 N–H and O–H groups in total. The number of aromatic amines is 1. The van der Waals surface area contributed by atoms with Crippen LogP contribution in [0, 0.1) is 3.57 Å². The van der Waals surface area contributed by atoms with Crippen LogP contribution in [-0.2, 0) is 0 Å². The number of carbonyl (C=O) groups excluding carboxylic acids is 1. The molecule has 0 atom stereocenters. The lowest BCUT2D eigenvalue weighted by Gasteiger charge is -2.09. The highest BCUT2D eigenvalue weighted by atomic mass is 127. The molecule has 27 heavy (non-hydrogen) atoms. The Morgan fingerprint density at radius 1 is 1.19 bits per heavy atom. The van der Waals surface area contributed by atoms with Crippen molar-refractivity contribution < 1.29 is 9.90 Å². The zero-order valence-electron chi connectivity index (χ0n) is 13.6. The van der Waals surface area contributed by atoms with E-state index in [0.717, 1.165) is 14.4 Å². The lowest BCUT2D eigenvalue weighted by Crippen LogP contribution is -2.31. The molecule has 0 spiro atoms. The Morgan fingerprint density at radius 3 is 2.52 bits per heavy atom. The highest BCUT2D eigenvalue weighted by Gasteiger charge is 2.14. The summed E-state index contributed by atoms with van der Waals surface area (Å²) in [7, 11) is 0. The number of aromatic nitrogens is 3. The van der Waals surface area contributed by atoms with Crippen LogP contribution in [0.4, 0.5) is 0 Å². The summed E-state index contributed by atoms with van der Waals surface area (Å²) >= 11 is 2.10. The summed E-state index contributed by atoms with van der Waals surface area (Å²) in [6, 6.07) is 9.71. The molecule has 0 saturated carbocycles. The molecule has 2 aromatic heterocycles. The third-order valence-corrected chi connectivity index (χ3v) is 4.23. The molecule has 10 heteroatoms. The maximum atomic E-state index is 12.1. The molecule has 0 radical (unpaired) electrons. The van der Waals surface area contributed by atoms with Crippen molar-refractivity contribution in [2.45, 2.75) is 0 Å². The summed E-state index contributed by atoms with van der Waals surface area (Å²) in [5, 5.41) is 14.1. The highest BCUT2D eigenvalue weighted by Crippen LogP contribution is 2.16. The molecule has 2 heterocycles. The van der Waals surface area contributed by atoms with Crippen LogP contribution >= 0.6 is 22.6 Å². The van der Waals surface area contributed by atoms with Crippen LogP contribution in [0.15, 0.2) is 63.5 Å². The van der Waals surface area contributed by atoms with E-state index in [2.05, 4.69) is 43.1 Å². The molecule has 3 aromatic rings. The van der Waals surface area contributed by atoms with Crippen LogP contribution in [0.3, 0.4) is 0 Å². The van der Waals surface area contributed by atoms with E-state index in [-0.39, 0.29) is 5.56 Å². The van der Waals surface area contributed by atoms with Gasteiger partial charge < -0.3 is 5.11 Å². The number of hydrogen-bond donors (Lipinski definition) is 3. The molecule has 0 aliphatic rings. The lowest BCUT2D eigenvalue weighted by atomic mass is 10.2. The third kappa shape index (κ3) is 4.11. The number of nitrogens with one attached hydrogen (secondary N) is 2. The number of hydrogen-bond acceptors (Lipinski definition) is 6. The summed E-state index contributed by atoms with van der Waals surface area (Å²) in [6.07, 6.45) is 3.87. The van der Waals surface area contributed by atoms with Crippen molar-refractivity contribution >= 4 is 34.7 Å². The SMILES string of the molecule is O=C(NN=Cc1c(O)n(-c2ccc(I)cc2)c(=O)[nH]c1=O)c1ccncc1. The van der Waals surface area contributed by atoms with Gasteiger partial charge in [-0.3, -0.25) is 19.6 Å². The topological polar surface area (TPSA) is 129 Å². The number of rotatable bonds is 4. The first kappa shape index (κ1) is 18.5. The molecule has 0 saturated heterocycles. The van der Waals surface area contributed by atoms with Gasteiger partial charge >= 0.3 is 5.69 Å². The van der Waals surface area contributed by atoms with Gasteiger partial charge in [0.05, 0.1) is 11.9 Å². The van der Waals surface area contributed by atoms with Crippen molar-refractivity contribution in [3.8, 4) is 11.6 Å². The van der Waals surface area contributed by atoms with E-state index in [1.54, 1.807) is 24.3 Å². The summed E-state index contributed by atoms with van der Waals surface area (Å²) in [4.78, 5) is 41.9. The Balaban J connectivity index is 1.93. The Bertz CT molecular complexity index is 1120. The number of nitrogens with zero attached hydrogens (tertiary/aromatic N) is 3. The largest absolute Gasteiger partial charge is 0.493 e. The molecular weight excluding hydrogens is 465 g/mol. The van der Waals surface area contributed by atoms with Crippen LogP contribution in [-0.4, -0.2) is 31.8 Å². The van der Waals surface area contributed by atoms with Gasteiger partial charge in [-0.25, -0.2) is 14.8 Å². The van der Waals surface area contributed by atoms with Gasteiger partial charge in [0.2, 0.25) is 5.88 Å².